The fourth-order valence-corrected chi connectivity index (χ4v) is 0.974. The lowest BCUT2D eigenvalue weighted by molar-refractivity contribution is 1.23. The molecule has 0 saturated heterocycles. The Morgan fingerprint density at radius 1 is 1.45 bits per heavy atom. The number of hydrogen-bond acceptors (Lipinski definition) is 1. The van der Waals surface area contributed by atoms with Crippen LogP contribution in [0, 0.1) is 0 Å². The number of nitrogens with zero attached hydrogens (tertiary/aromatic N) is 1. The van der Waals surface area contributed by atoms with Crippen LogP contribution in [0.2, 0.25) is 0 Å². The molecule has 0 heterocycles. The van der Waals surface area contributed by atoms with Crippen molar-refractivity contribution >= 4 is 6.72 Å². The number of allylic oxidation sites excluding steroid dienone is 6. The van der Waals surface area contributed by atoms with Crippen LogP contribution in [0.5, 0.6) is 0 Å². The molecule has 0 bridgehead atoms. The molecule has 56 valence electrons. The minimum atomic E-state index is 0.894. The monoisotopic (exact) mass is 145 g/mol. The van der Waals surface area contributed by atoms with Crippen molar-refractivity contribution in [3.63, 3.8) is 0 Å². The third-order valence-electron chi connectivity index (χ3n) is 1.58. The zero-order valence-corrected chi connectivity index (χ0v) is 6.46. The van der Waals surface area contributed by atoms with E-state index in [4.69, 9.17) is 0 Å². The lowest BCUT2D eigenvalue weighted by Crippen LogP contribution is -1.80. The molecule has 0 aromatic carbocycles. The Hall–Kier alpha value is -1.37. The molecule has 1 nitrogen and oxygen atoms in total. The molecule has 1 rings (SSSR count). The van der Waals surface area contributed by atoms with E-state index in [1.54, 1.807) is 0 Å². The molecule has 0 aromatic rings. The average molecular weight is 145 g/mol. The van der Waals surface area contributed by atoms with Gasteiger partial charge >= 0.3 is 0 Å². The van der Waals surface area contributed by atoms with Crippen LogP contribution in [0.4, 0.5) is 0 Å². The maximum Gasteiger partial charge on any atom is 0.0657 e. The molecule has 0 saturated carbocycles. The van der Waals surface area contributed by atoms with Crippen LogP contribution in [-0.2, 0) is 0 Å². The van der Waals surface area contributed by atoms with Crippen LogP contribution < -0.4 is 0 Å². The van der Waals surface area contributed by atoms with E-state index in [0.717, 1.165) is 17.7 Å². The first-order valence-electron chi connectivity index (χ1n) is 3.54. The van der Waals surface area contributed by atoms with E-state index in [1.807, 2.05) is 24.3 Å². The maximum atomic E-state index is 3.89. The van der Waals surface area contributed by atoms with Crippen molar-refractivity contribution in [1.29, 1.82) is 0 Å². The van der Waals surface area contributed by atoms with Gasteiger partial charge in [-0.15, -0.1) is 0 Å². The number of rotatable bonds is 2. The molecule has 1 aliphatic rings. The third kappa shape index (κ3) is 1.77. The van der Waals surface area contributed by atoms with Crippen molar-refractivity contribution in [2.75, 3.05) is 0 Å². The largest absolute Gasteiger partial charge is 0.264 e. The van der Waals surface area contributed by atoms with Crippen LogP contribution >= 0.6 is 0 Å². The predicted octanol–water partition coefficient (Wildman–Crippen LogP) is 2.64. The topological polar surface area (TPSA) is 12.4 Å². The molecule has 1 heteroatoms. The van der Waals surface area contributed by atoms with Gasteiger partial charge in [0.1, 0.15) is 0 Å². The molecule has 0 unspecified atom stereocenters. The van der Waals surface area contributed by atoms with E-state index in [2.05, 4.69) is 24.4 Å². The molecule has 0 radical (unpaired) electrons. The highest BCUT2D eigenvalue weighted by atomic mass is 14.7. The molecule has 11 heavy (non-hydrogen) atoms. The average Bonchev–Trinajstić information content (AvgIpc) is 2.27. The second-order valence-corrected chi connectivity index (χ2v) is 2.26. The highest BCUT2D eigenvalue weighted by Gasteiger charge is 1.97. The molecule has 0 atom stereocenters. The molecular formula is C10H11N. The van der Waals surface area contributed by atoms with E-state index in [1.165, 1.54) is 0 Å². The van der Waals surface area contributed by atoms with Gasteiger partial charge in [-0.2, -0.15) is 0 Å². The maximum absolute atomic E-state index is 3.89. The summed E-state index contributed by atoms with van der Waals surface area (Å²) in [6, 6.07) is 0. The summed E-state index contributed by atoms with van der Waals surface area (Å²) in [5.41, 5.74) is 2.05. The van der Waals surface area contributed by atoms with Gasteiger partial charge in [0.05, 0.1) is 5.70 Å². The smallest absolute Gasteiger partial charge is 0.0657 e. The molecule has 0 amide bonds. The standard InChI is InChI=1S/C10H11N/c1-3-9-7-5-4-6-8-10(9)11-2/h3-6,8H,1-2,7H2. The van der Waals surface area contributed by atoms with E-state index < -0.39 is 0 Å². The Kier molecular flexibility index (Phi) is 2.61. The van der Waals surface area contributed by atoms with Gasteiger partial charge in [0.25, 0.3) is 0 Å². The lowest BCUT2D eigenvalue weighted by atomic mass is 10.1. The van der Waals surface area contributed by atoms with Gasteiger partial charge in [0.2, 0.25) is 0 Å². The van der Waals surface area contributed by atoms with E-state index in [9.17, 15) is 0 Å². The molecule has 0 N–H and O–H groups in total. The summed E-state index contributed by atoms with van der Waals surface area (Å²) in [5, 5.41) is 0. The van der Waals surface area contributed by atoms with Gasteiger partial charge in [-0.1, -0.05) is 30.9 Å². The van der Waals surface area contributed by atoms with Gasteiger partial charge < -0.3 is 0 Å². The first kappa shape index (κ1) is 7.73. The summed E-state index contributed by atoms with van der Waals surface area (Å²) in [6.45, 7) is 7.20. The first-order chi connectivity index (χ1) is 5.38. The summed E-state index contributed by atoms with van der Waals surface area (Å²) in [6.07, 6.45) is 10.7. The van der Waals surface area contributed by atoms with Crippen molar-refractivity contribution in [2.45, 2.75) is 6.42 Å². The van der Waals surface area contributed by atoms with Crippen molar-refractivity contribution < 1.29 is 0 Å². The Morgan fingerprint density at radius 3 is 2.91 bits per heavy atom. The quantitative estimate of drug-likeness (QED) is 0.530. The number of aliphatic imine (C=N–C) groups is 1. The third-order valence-corrected chi connectivity index (χ3v) is 1.58. The summed E-state index contributed by atoms with van der Waals surface area (Å²) < 4.78 is 0. The normalized spacial score (nSPS) is 16.4. The van der Waals surface area contributed by atoms with Crippen molar-refractivity contribution in [3.05, 3.63) is 48.2 Å². The van der Waals surface area contributed by atoms with Crippen molar-refractivity contribution in [1.82, 2.24) is 0 Å². The summed E-state index contributed by atoms with van der Waals surface area (Å²) >= 11 is 0. The summed E-state index contributed by atoms with van der Waals surface area (Å²) in [4.78, 5) is 3.89. The van der Waals surface area contributed by atoms with E-state index >= 15 is 0 Å². The van der Waals surface area contributed by atoms with Crippen LogP contribution in [-0.4, -0.2) is 6.72 Å². The van der Waals surface area contributed by atoms with Gasteiger partial charge in [-0.25, -0.2) is 0 Å². The molecule has 1 aliphatic carbocycles. The predicted molar refractivity (Wildman–Crippen MR) is 49.7 cm³/mol. The second kappa shape index (κ2) is 3.71. The van der Waals surface area contributed by atoms with Crippen LogP contribution in [0.1, 0.15) is 6.42 Å². The summed E-state index contributed by atoms with van der Waals surface area (Å²) in [7, 11) is 0. The van der Waals surface area contributed by atoms with E-state index in [-0.39, 0.29) is 0 Å². The van der Waals surface area contributed by atoms with Gasteiger partial charge in [0.15, 0.2) is 0 Å². The van der Waals surface area contributed by atoms with Crippen molar-refractivity contribution in [2.24, 2.45) is 4.99 Å². The lowest BCUT2D eigenvalue weighted by Gasteiger charge is -1.98. The Bertz CT molecular complexity index is 254. The minimum Gasteiger partial charge on any atom is -0.264 e. The highest BCUT2D eigenvalue weighted by Crippen LogP contribution is 2.15. The van der Waals surface area contributed by atoms with Crippen LogP contribution in [0.3, 0.4) is 0 Å². The molecule has 0 aliphatic heterocycles. The zero-order valence-electron chi connectivity index (χ0n) is 6.46. The highest BCUT2D eigenvalue weighted by molar-refractivity contribution is 5.42. The fraction of sp³-hybridized carbons (Fsp3) is 0.100. The number of hydrogen-bond donors (Lipinski definition) is 0. The fourth-order valence-electron chi connectivity index (χ4n) is 0.974. The van der Waals surface area contributed by atoms with Crippen molar-refractivity contribution in [3.8, 4) is 0 Å². The first-order valence-corrected chi connectivity index (χ1v) is 3.54. The van der Waals surface area contributed by atoms with Crippen LogP contribution in [0.15, 0.2) is 53.2 Å². The van der Waals surface area contributed by atoms with Crippen LogP contribution in [0.25, 0.3) is 0 Å². The SMILES string of the molecule is C=CC1=C(N=C)C=CC=CC1. The Balaban J connectivity index is 3.02. The molecule has 0 spiro atoms. The Morgan fingerprint density at radius 2 is 2.27 bits per heavy atom. The Labute approximate surface area is 67.2 Å². The van der Waals surface area contributed by atoms with Gasteiger partial charge in [-0.3, -0.25) is 4.99 Å². The van der Waals surface area contributed by atoms with Gasteiger partial charge in [-0.05, 0) is 24.8 Å². The molecule has 0 fully saturated rings. The molecule has 0 aromatic heterocycles. The molecular weight excluding hydrogens is 134 g/mol. The second-order valence-electron chi connectivity index (χ2n) is 2.26. The van der Waals surface area contributed by atoms with Gasteiger partial charge in [0, 0.05) is 0 Å². The zero-order chi connectivity index (χ0) is 8.10. The summed E-state index contributed by atoms with van der Waals surface area (Å²) in [5.74, 6) is 0. The minimum absolute atomic E-state index is 0.894. The van der Waals surface area contributed by atoms with E-state index in [0.29, 0.717) is 0 Å².